The molecule has 2 aliphatic rings. The molecule has 0 aromatic heterocycles. The summed E-state index contributed by atoms with van der Waals surface area (Å²) in [6, 6.07) is 6.76. The molecule has 2 atom stereocenters. The van der Waals surface area contributed by atoms with Gasteiger partial charge >= 0.3 is 0 Å². The monoisotopic (exact) mass is 277 g/mol. The van der Waals surface area contributed by atoms with Crippen molar-refractivity contribution < 1.29 is 8.42 Å². The number of fused-ring (bicyclic) bond motifs is 1. The topological polar surface area (TPSA) is 82.0 Å². The third-order valence-corrected chi connectivity index (χ3v) is 5.59. The van der Waals surface area contributed by atoms with Crippen molar-refractivity contribution in [3.05, 3.63) is 29.3 Å². The highest BCUT2D eigenvalue weighted by atomic mass is 32.2. The van der Waals surface area contributed by atoms with Gasteiger partial charge in [0.05, 0.1) is 16.5 Å². The van der Waals surface area contributed by atoms with Crippen LogP contribution in [0.5, 0.6) is 0 Å². The zero-order valence-corrected chi connectivity index (χ0v) is 11.4. The largest absolute Gasteiger partial charge is 0.316 e. The van der Waals surface area contributed by atoms with E-state index in [4.69, 9.17) is 5.26 Å². The van der Waals surface area contributed by atoms with Gasteiger partial charge in [0.1, 0.15) is 0 Å². The third kappa shape index (κ3) is 2.14. The molecule has 2 fully saturated rings. The Labute approximate surface area is 112 Å². The zero-order valence-electron chi connectivity index (χ0n) is 10.6. The molecular formula is C13H15N3O2S. The fourth-order valence-corrected chi connectivity index (χ4v) is 4.40. The van der Waals surface area contributed by atoms with Gasteiger partial charge in [0.2, 0.25) is 10.0 Å². The number of nitrogens with one attached hydrogen (secondary N) is 2. The fourth-order valence-electron chi connectivity index (χ4n) is 2.79. The maximum absolute atomic E-state index is 12.4. The smallest absolute Gasteiger partial charge is 0.241 e. The summed E-state index contributed by atoms with van der Waals surface area (Å²) in [5.74, 6) is 0.850. The molecule has 3 rings (SSSR count). The number of rotatable bonds is 3. The van der Waals surface area contributed by atoms with Gasteiger partial charge in [0.25, 0.3) is 0 Å². The van der Waals surface area contributed by atoms with Crippen molar-refractivity contribution in [1.82, 2.24) is 10.0 Å². The van der Waals surface area contributed by atoms with Crippen LogP contribution in [0.2, 0.25) is 0 Å². The lowest BCUT2D eigenvalue weighted by Crippen LogP contribution is -2.32. The molecule has 6 heteroatoms. The standard InChI is InChI=1S/C13H15N3O2S/c1-8-2-3-9(5-14)4-12(8)19(17,18)16-13-10-6-15-7-11(10)13/h2-4,10-11,13,15-16H,6-7H2,1H3. The number of benzene rings is 1. The van der Waals surface area contributed by atoms with Crippen LogP contribution in [0.4, 0.5) is 0 Å². The van der Waals surface area contributed by atoms with Crippen molar-refractivity contribution in [2.24, 2.45) is 11.8 Å². The average Bonchev–Trinajstić information content (AvgIpc) is 2.82. The minimum absolute atomic E-state index is 0.0522. The molecule has 1 heterocycles. The molecule has 1 saturated carbocycles. The maximum atomic E-state index is 12.4. The molecule has 5 nitrogen and oxygen atoms in total. The lowest BCUT2D eigenvalue weighted by atomic mass is 10.2. The van der Waals surface area contributed by atoms with Crippen LogP contribution in [0.1, 0.15) is 11.1 Å². The number of aryl methyl sites for hydroxylation is 1. The first-order valence-electron chi connectivity index (χ1n) is 6.27. The van der Waals surface area contributed by atoms with Gasteiger partial charge in [0.15, 0.2) is 0 Å². The zero-order chi connectivity index (χ0) is 13.6. The molecular weight excluding hydrogens is 262 g/mol. The Bertz CT molecular complexity index is 653. The molecule has 1 aromatic carbocycles. The second kappa shape index (κ2) is 4.30. The summed E-state index contributed by atoms with van der Waals surface area (Å²) < 4.78 is 27.5. The summed E-state index contributed by atoms with van der Waals surface area (Å²) in [6.07, 6.45) is 0. The van der Waals surface area contributed by atoms with E-state index < -0.39 is 10.0 Å². The van der Waals surface area contributed by atoms with E-state index in [9.17, 15) is 8.42 Å². The van der Waals surface area contributed by atoms with Gasteiger partial charge in [0, 0.05) is 6.04 Å². The van der Waals surface area contributed by atoms with Crippen molar-refractivity contribution in [3.63, 3.8) is 0 Å². The highest BCUT2D eigenvalue weighted by Gasteiger charge is 2.54. The van der Waals surface area contributed by atoms with Crippen LogP contribution in [0, 0.1) is 30.1 Å². The summed E-state index contributed by atoms with van der Waals surface area (Å²) in [7, 11) is -3.53. The van der Waals surface area contributed by atoms with E-state index in [0.29, 0.717) is 23.0 Å². The Morgan fingerprint density at radius 3 is 2.68 bits per heavy atom. The number of piperidine rings is 1. The fraction of sp³-hybridized carbons (Fsp3) is 0.462. The van der Waals surface area contributed by atoms with Gasteiger partial charge in [-0.25, -0.2) is 13.1 Å². The van der Waals surface area contributed by atoms with E-state index in [2.05, 4.69) is 10.0 Å². The van der Waals surface area contributed by atoms with Crippen LogP contribution < -0.4 is 10.0 Å². The van der Waals surface area contributed by atoms with Gasteiger partial charge < -0.3 is 5.32 Å². The van der Waals surface area contributed by atoms with Crippen molar-refractivity contribution >= 4 is 10.0 Å². The van der Waals surface area contributed by atoms with E-state index in [0.717, 1.165) is 13.1 Å². The maximum Gasteiger partial charge on any atom is 0.241 e. The molecule has 0 radical (unpaired) electrons. The first-order valence-corrected chi connectivity index (χ1v) is 7.75. The number of hydrogen-bond donors (Lipinski definition) is 2. The second-order valence-corrected chi connectivity index (χ2v) is 6.91. The summed E-state index contributed by atoms with van der Waals surface area (Å²) in [5.41, 5.74) is 1.03. The quantitative estimate of drug-likeness (QED) is 0.836. The molecule has 1 aliphatic heterocycles. The SMILES string of the molecule is Cc1ccc(C#N)cc1S(=O)(=O)NC1C2CNCC21. The number of sulfonamides is 1. The summed E-state index contributed by atoms with van der Waals surface area (Å²) >= 11 is 0. The van der Waals surface area contributed by atoms with Crippen molar-refractivity contribution in [2.75, 3.05) is 13.1 Å². The van der Waals surface area contributed by atoms with Gasteiger partial charge in [-0.05, 0) is 49.5 Å². The molecule has 2 N–H and O–H groups in total. The Hall–Kier alpha value is -1.42. The normalized spacial score (nSPS) is 28.7. The lowest BCUT2D eigenvalue weighted by Gasteiger charge is -2.11. The van der Waals surface area contributed by atoms with Crippen LogP contribution in [0.3, 0.4) is 0 Å². The van der Waals surface area contributed by atoms with Crippen LogP contribution in [0.25, 0.3) is 0 Å². The van der Waals surface area contributed by atoms with Crippen LogP contribution >= 0.6 is 0 Å². The molecule has 0 spiro atoms. The predicted octanol–water partition coefficient (Wildman–Crippen LogP) is 0.363. The van der Waals surface area contributed by atoms with E-state index in [-0.39, 0.29) is 10.9 Å². The van der Waals surface area contributed by atoms with E-state index in [1.165, 1.54) is 6.07 Å². The molecule has 1 saturated heterocycles. The summed E-state index contributed by atoms with van der Waals surface area (Å²) in [4.78, 5) is 0.212. The highest BCUT2D eigenvalue weighted by Crippen LogP contribution is 2.42. The second-order valence-electron chi connectivity index (χ2n) is 5.23. The lowest BCUT2D eigenvalue weighted by molar-refractivity contribution is 0.564. The molecule has 0 amide bonds. The Balaban J connectivity index is 1.86. The van der Waals surface area contributed by atoms with Gasteiger partial charge in [-0.3, -0.25) is 0 Å². The van der Waals surface area contributed by atoms with Crippen molar-refractivity contribution in [1.29, 1.82) is 5.26 Å². The van der Waals surface area contributed by atoms with Gasteiger partial charge in [-0.1, -0.05) is 6.07 Å². The molecule has 2 unspecified atom stereocenters. The van der Waals surface area contributed by atoms with E-state index in [1.54, 1.807) is 19.1 Å². The first-order chi connectivity index (χ1) is 9.03. The predicted molar refractivity (Wildman–Crippen MR) is 69.9 cm³/mol. The van der Waals surface area contributed by atoms with E-state index >= 15 is 0 Å². The Morgan fingerprint density at radius 1 is 1.37 bits per heavy atom. The molecule has 19 heavy (non-hydrogen) atoms. The molecule has 100 valence electrons. The summed E-state index contributed by atoms with van der Waals surface area (Å²) in [6.45, 7) is 3.51. The summed E-state index contributed by atoms with van der Waals surface area (Å²) in [5, 5.41) is 12.1. The van der Waals surface area contributed by atoms with Crippen LogP contribution in [-0.4, -0.2) is 27.5 Å². The van der Waals surface area contributed by atoms with Crippen molar-refractivity contribution in [3.8, 4) is 6.07 Å². The first kappa shape index (κ1) is 12.6. The van der Waals surface area contributed by atoms with Gasteiger partial charge in [-0.2, -0.15) is 5.26 Å². The number of nitriles is 1. The third-order valence-electron chi connectivity index (χ3n) is 3.99. The average molecular weight is 277 g/mol. The Morgan fingerprint density at radius 2 is 2.05 bits per heavy atom. The van der Waals surface area contributed by atoms with Crippen LogP contribution in [0.15, 0.2) is 23.1 Å². The number of hydrogen-bond acceptors (Lipinski definition) is 4. The van der Waals surface area contributed by atoms with Crippen molar-refractivity contribution in [2.45, 2.75) is 17.9 Å². The molecule has 0 bridgehead atoms. The molecule has 1 aliphatic carbocycles. The minimum atomic E-state index is -3.53. The number of nitrogens with zero attached hydrogens (tertiary/aromatic N) is 1. The minimum Gasteiger partial charge on any atom is -0.316 e. The highest BCUT2D eigenvalue weighted by molar-refractivity contribution is 7.89. The van der Waals surface area contributed by atoms with E-state index in [1.807, 2.05) is 6.07 Å². The molecule has 1 aromatic rings. The van der Waals surface area contributed by atoms with Crippen LogP contribution in [-0.2, 0) is 10.0 Å². The van der Waals surface area contributed by atoms with Gasteiger partial charge in [-0.15, -0.1) is 0 Å². The Kier molecular flexibility index (Phi) is 2.86.